The maximum atomic E-state index is 10.4. The Kier molecular flexibility index (Phi) is 10.1. The van der Waals surface area contributed by atoms with Crippen molar-refractivity contribution >= 4 is 5.91 Å². The first-order valence-corrected chi connectivity index (χ1v) is 5.76. The molecule has 0 aliphatic rings. The summed E-state index contributed by atoms with van der Waals surface area (Å²) in [5.74, 6) is -0.187. The van der Waals surface area contributed by atoms with E-state index in [0.717, 1.165) is 25.9 Å². The molecule has 3 N–H and O–H groups in total. The normalized spacial score (nSPS) is 10.4. The summed E-state index contributed by atoms with van der Waals surface area (Å²) in [7, 11) is 0. The van der Waals surface area contributed by atoms with E-state index in [1.807, 2.05) is 0 Å². The number of nitrogens with two attached hydrogens (primary N) is 1. The van der Waals surface area contributed by atoms with Crippen molar-refractivity contribution in [3.63, 3.8) is 0 Å². The summed E-state index contributed by atoms with van der Waals surface area (Å²) >= 11 is 0. The first kappa shape index (κ1) is 13.4. The number of hydrogen-bond donors (Lipinski definition) is 2. The van der Waals surface area contributed by atoms with Crippen molar-refractivity contribution in [3.8, 4) is 0 Å². The average Bonchev–Trinajstić information content (AvgIpc) is 2.15. The smallest absolute Gasteiger partial charge is 0.217 e. The molecular weight excluding hydrogens is 176 g/mol. The molecule has 84 valence electrons. The van der Waals surface area contributed by atoms with Gasteiger partial charge in [-0.2, -0.15) is 0 Å². The van der Waals surface area contributed by atoms with Crippen LogP contribution in [0.4, 0.5) is 0 Å². The fraction of sp³-hybridized carbons (Fsp3) is 0.909. The molecule has 0 aromatic carbocycles. The van der Waals surface area contributed by atoms with E-state index in [4.69, 9.17) is 5.73 Å². The lowest BCUT2D eigenvalue weighted by molar-refractivity contribution is -0.118. The van der Waals surface area contributed by atoms with Gasteiger partial charge in [-0.3, -0.25) is 4.79 Å². The molecule has 0 saturated heterocycles. The molecule has 0 aliphatic carbocycles. The lowest BCUT2D eigenvalue weighted by Gasteiger charge is -2.03. The highest BCUT2D eigenvalue weighted by atomic mass is 16.1. The fourth-order valence-electron chi connectivity index (χ4n) is 1.35. The van der Waals surface area contributed by atoms with Gasteiger partial charge in [0, 0.05) is 6.42 Å². The minimum absolute atomic E-state index is 0.187. The zero-order valence-corrected chi connectivity index (χ0v) is 9.35. The number of carbonyl (C=O) groups excluding carboxylic acids is 1. The van der Waals surface area contributed by atoms with Gasteiger partial charge in [0.25, 0.3) is 0 Å². The van der Waals surface area contributed by atoms with Crippen LogP contribution in [-0.2, 0) is 4.79 Å². The van der Waals surface area contributed by atoms with Gasteiger partial charge in [-0.1, -0.05) is 26.2 Å². The Hall–Kier alpha value is -0.570. The van der Waals surface area contributed by atoms with Crippen LogP contribution in [0.3, 0.4) is 0 Å². The molecule has 0 spiro atoms. The van der Waals surface area contributed by atoms with Crippen LogP contribution in [-0.4, -0.2) is 19.0 Å². The largest absolute Gasteiger partial charge is 0.370 e. The highest BCUT2D eigenvalue weighted by Gasteiger charge is 1.93. The van der Waals surface area contributed by atoms with E-state index >= 15 is 0 Å². The van der Waals surface area contributed by atoms with Crippen molar-refractivity contribution in [2.24, 2.45) is 5.73 Å². The SMILES string of the molecule is CCCCCCNCCCCC(N)=O. The van der Waals surface area contributed by atoms with Gasteiger partial charge in [0.05, 0.1) is 0 Å². The summed E-state index contributed by atoms with van der Waals surface area (Å²) in [6.45, 7) is 4.34. The van der Waals surface area contributed by atoms with Crippen LogP contribution in [0.25, 0.3) is 0 Å². The molecule has 0 heterocycles. The first-order chi connectivity index (χ1) is 6.77. The van der Waals surface area contributed by atoms with E-state index in [2.05, 4.69) is 12.2 Å². The third-order valence-electron chi connectivity index (χ3n) is 2.23. The Balaban J connectivity index is 2.88. The molecule has 0 bridgehead atoms. The summed E-state index contributed by atoms with van der Waals surface area (Å²) in [6.07, 6.45) is 7.71. The molecule has 14 heavy (non-hydrogen) atoms. The summed E-state index contributed by atoms with van der Waals surface area (Å²) in [4.78, 5) is 10.4. The third-order valence-corrected chi connectivity index (χ3v) is 2.23. The second-order valence-electron chi connectivity index (χ2n) is 3.73. The predicted octanol–water partition coefficient (Wildman–Crippen LogP) is 1.81. The number of rotatable bonds is 10. The molecule has 0 saturated carbocycles. The predicted molar refractivity (Wildman–Crippen MR) is 60.1 cm³/mol. The Morgan fingerprint density at radius 3 is 2.29 bits per heavy atom. The number of unbranched alkanes of at least 4 members (excludes halogenated alkanes) is 4. The van der Waals surface area contributed by atoms with E-state index in [-0.39, 0.29) is 5.91 Å². The maximum Gasteiger partial charge on any atom is 0.217 e. The Bertz CT molecular complexity index is 137. The Labute approximate surface area is 87.4 Å². The molecule has 0 radical (unpaired) electrons. The van der Waals surface area contributed by atoms with Crippen LogP contribution in [0.1, 0.15) is 51.9 Å². The van der Waals surface area contributed by atoms with E-state index in [9.17, 15) is 4.79 Å². The summed E-state index contributed by atoms with van der Waals surface area (Å²) in [5.41, 5.74) is 5.03. The van der Waals surface area contributed by atoms with Gasteiger partial charge in [0.15, 0.2) is 0 Å². The number of amides is 1. The molecule has 0 unspecified atom stereocenters. The summed E-state index contributed by atoms with van der Waals surface area (Å²) in [5, 5.41) is 3.37. The van der Waals surface area contributed by atoms with Crippen LogP contribution in [0.5, 0.6) is 0 Å². The number of carbonyl (C=O) groups is 1. The van der Waals surface area contributed by atoms with Crippen molar-refractivity contribution in [2.75, 3.05) is 13.1 Å². The van der Waals surface area contributed by atoms with Gasteiger partial charge in [-0.05, 0) is 32.4 Å². The highest BCUT2D eigenvalue weighted by molar-refractivity contribution is 5.73. The van der Waals surface area contributed by atoms with Crippen molar-refractivity contribution in [1.82, 2.24) is 5.32 Å². The molecule has 0 rings (SSSR count). The van der Waals surface area contributed by atoms with Crippen LogP contribution in [0, 0.1) is 0 Å². The molecular formula is C11H24N2O. The van der Waals surface area contributed by atoms with E-state index in [1.165, 1.54) is 25.7 Å². The maximum absolute atomic E-state index is 10.4. The van der Waals surface area contributed by atoms with Gasteiger partial charge < -0.3 is 11.1 Å². The van der Waals surface area contributed by atoms with Gasteiger partial charge >= 0.3 is 0 Å². The van der Waals surface area contributed by atoms with E-state index in [1.54, 1.807) is 0 Å². The molecule has 1 amide bonds. The molecule has 3 heteroatoms. The Morgan fingerprint density at radius 1 is 1.07 bits per heavy atom. The van der Waals surface area contributed by atoms with Crippen LogP contribution < -0.4 is 11.1 Å². The number of hydrogen-bond acceptors (Lipinski definition) is 2. The van der Waals surface area contributed by atoms with Gasteiger partial charge in [-0.15, -0.1) is 0 Å². The first-order valence-electron chi connectivity index (χ1n) is 5.76. The standard InChI is InChI=1S/C11H24N2O/c1-2-3-4-6-9-13-10-7-5-8-11(12)14/h13H,2-10H2,1H3,(H2,12,14). The van der Waals surface area contributed by atoms with Gasteiger partial charge in [0.1, 0.15) is 0 Å². The number of nitrogens with one attached hydrogen (secondary N) is 1. The zero-order chi connectivity index (χ0) is 10.6. The summed E-state index contributed by atoms with van der Waals surface area (Å²) in [6, 6.07) is 0. The van der Waals surface area contributed by atoms with Crippen molar-refractivity contribution < 1.29 is 4.79 Å². The Morgan fingerprint density at radius 2 is 1.71 bits per heavy atom. The topological polar surface area (TPSA) is 55.1 Å². The van der Waals surface area contributed by atoms with Crippen molar-refractivity contribution in [2.45, 2.75) is 51.9 Å². The van der Waals surface area contributed by atoms with E-state index < -0.39 is 0 Å². The fourth-order valence-corrected chi connectivity index (χ4v) is 1.35. The third kappa shape index (κ3) is 11.4. The molecule has 3 nitrogen and oxygen atoms in total. The second kappa shape index (κ2) is 10.5. The van der Waals surface area contributed by atoms with Crippen molar-refractivity contribution in [1.29, 1.82) is 0 Å². The van der Waals surface area contributed by atoms with Crippen LogP contribution in [0.2, 0.25) is 0 Å². The minimum atomic E-state index is -0.187. The lowest BCUT2D eigenvalue weighted by atomic mass is 10.2. The zero-order valence-electron chi connectivity index (χ0n) is 9.35. The average molecular weight is 200 g/mol. The summed E-state index contributed by atoms with van der Waals surface area (Å²) < 4.78 is 0. The number of primary amides is 1. The van der Waals surface area contributed by atoms with E-state index in [0.29, 0.717) is 6.42 Å². The molecule has 0 fully saturated rings. The monoisotopic (exact) mass is 200 g/mol. The molecule has 0 aliphatic heterocycles. The lowest BCUT2D eigenvalue weighted by Crippen LogP contribution is -2.17. The second-order valence-corrected chi connectivity index (χ2v) is 3.73. The molecule has 0 aromatic rings. The minimum Gasteiger partial charge on any atom is -0.370 e. The van der Waals surface area contributed by atoms with Crippen LogP contribution in [0.15, 0.2) is 0 Å². The van der Waals surface area contributed by atoms with Crippen LogP contribution >= 0.6 is 0 Å². The highest BCUT2D eigenvalue weighted by Crippen LogP contribution is 1.97. The quantitative estimate of drug-likeness (QED) is 0.528. The molecule has 0 aromatic heterocycles. The van der Waals surface area contributed by atoms with Gasteiger partial charge in [-0.25, -0.2) is 0 Å². The molecule has 0 atom stereocenters. The van der Waals surface area contributed by atoms with Crippen molar-refractivity contribution in [3.05, 3.63) is 0 Å². The van der Waals surface area contributed by atoms with Gasteiger partial charge in [0.2, 0.25) is 5.91 Å².